The summed E-state index contributed by atoms with van der Waals surface area (Å²) in [5, 5.41) is 4.92. The highest BCUT2D eigenvalue weighted by Gasteiger charge is 2.36. The van der Waals surface area contributed by atoms with Crippen molar-refractivity contribution in [3.8, 4) is 5.75 Å². The van der Waals surface area contributed by atoms with Crippen molar-refractivity contribution < 1.29 is 9.53 Å². The van der Waals surface area contributed by atoms with Gasteiger partial charge in [0.25, 0.3) is 5.91 Å². The molecule has 1 aliphatic carbocycles. The maximum Gasteiger partial charge on any atom is 0.265 e. The second-order valence-electron chi connectivity index (χ2n) is 5.13. The number of methoxy groups -OCH3 is 1. The molecule has 1 fully saturated rings. The highest BCUT2D eigenvalue weighted by atomic mass is 32.1. The zero-order chi connectivity index (χ0) is 14.6. The third-order valence-electron chi connectivity index (χ3n) is 3.84. The van der Waals surface area contributed by atoms with Gasteiger partial charge < -0.3 is 15.8 Å². The lowest BCUT2D eigenvalue weighted by Gasteiger charge is -2.32. The number of hydrogen-bond donors (Lipinski definition) is 2. The van der Waals surface area contributed by atoms with Crippen LogP contribution in [0.1, 0.15) is 48.2 Å². The van der Waals surface area contributed by atoms with Gasteiger partial charge in [0.1, 0.15) is 10.6 Å². The molecule has 1 heterocycles. The molecule has 0 spiro atoms. The molecule has 2 rings (SSSR count). The van der Waals surface area contributed by atoms with Gasteiger partial charge in [0.2, 0.25) is 0 Å². The molecule has 1 amide bonds. The van der Waals surface area contributed by atoms with Crippen LogP contribution in [0.25, 0.3) is 0 Å². The Hall–Kier alpha value is -1.14. The van der Waals surface area contributed by atoms with Crippen LogP contribution >= 0.6 is 23.6 Å². The molecule has 0 bridgehead atoms. The van der Waals surface area contributed by atoms with Crippen LogP contribution in [-0.2, 0) is 0 Å². The molecule has 0 radical (unpaired) electrons. The lowest BCUT2D eigenvalue weighted by atomic mass is 9.90. The lowest BCUT2D eigenvalue weighted by molar-refractivity contribution is 0.0919. The van der Waals surface area contributed by atoms with E-state index in [0.717, 1.165) is 25.7 Å². The first-order chi connectivity index (χ1) is 9.59. The van der Waals surface area contributed by atoms with E-state index in [1.165, 1.54) is 24.2 Å². The van der Waals surface area contributed by atoms with Crippen LogP contribution in [0.3, 0.4) is 0 Å². The van der Waals surface area contributed by atoms with E-state index in [1.54, 1.807) is 13.2 Å². The molecule has 0 unspecified atom stereocenters. The summed E-state index contributed by atoms with van der Waals surface area (Å²) in [4.78, 5) is 13.4. The van der Waals surface area contributed by atoms with E-state index in [2.05, 4.69) is 5.32 Å². The number of thiophene rings is 1. The van der Waals surface area contributed by atoms with Gasteiger partial charge in [-0.2, -0.15) is 0 Å². The second-order valence-corrected chi connectivity index (χ2v) is 6.49. The Labute approximate surface area is 128 Å². The van der Waals surface area contributed by atoms with E-state index in [4.69, 9.17) is 22.7 Å². The molecule has 3 N–H and O–H groups in total. The summed E-state index contributed by atoms with van der Waals surface area (Å²) >= 11 is 6.60. The first kappa shape index (κ1) is 15.3. The van der Waals surface area contributed by atoms with Crippen molar-refractivity contribution in [3.63, 3.8) is 0 Å². The average molecular weight is 312 g/mol. The number of carbonyl (C=O) groups is 1. The number of carbonyl (C=O) groups excluding carboxylic acids is 1. The minimum atomic E-state index is -0.544. The molecule has 0 atom stereocenters. The van der Waals surface area contributed by atoms with Crippen molar-refractivity contribution in [1.82, 2.24) is 5.32 Å². The Kier molecular flexibility index (Phi) is 4.99. The maximum atomic E-state index is 12.5. The number of rotatable bonds is 4. The molecular weight excluding hydrogens is 292 g/mol. The average Bonchev–Trinajstić information content (AvgIpc) is 2.78. The van der Waals surface area contributed by atoms with Crippen molar-refractivity contribution in [2.45, 2.75) is 44.1 Å². The number of amides is 1. The summed E-state index contributed by atoms with van der Waals surface area (Å²) in [5.74, 6) is 0.450. The van der Waals surface area contributed by atoms with E-state index < -0.39 is 5.54 Å². The molecule has 1 aliphatic rings. The lowest BCUT2D eigenvalue weighted by Crippen LogP contribution is -2.56. The minimum absolute atomic E-state index is 0.147. The molecule has 4 nitrogen and oxygen atoms in total. The van der Waals surface area contributed by atoms with Crippen molar-refractivity contribution >= 4 is 34.5 Å². The maximum absolute atomic E-state index is 12.5. The predicted octanol–water partition coefficient (Wildman–Crippen LogP) is 2.87. The summed E-state index contributed by atoms with van der Waals surface area (Å²) < 4.78 is 5.20. The highest BCUT2D eigenvalue weighted by molar-refractivity contribution is 7.80. The second kappa shape index (κ2) is 6.54. The normalized spacial score (nSPS) is 18.1. The van der Waals surface area contributed by atoms with E-state index in [-0.39, 0.29) is 5.91 Å². The Morgan fingerprint density at radius 1 is 1.40 bits per heavy atom. The quantitative estimate of drug-likeness (QED) is 0.663. The van der Waals surface area contributed by atoms with E-state index in [1.807, 2.05) is 5.38 Å². The van der Waals surface area contributed by atoms with E-state index in [0.29, 0.717) is 15.6 Å². The smallest absolute Gasteiger partial charge is 0.265 e. The molecule has 20 heavy (non-hydrogen) atoms. The SMILES string of the molecule is COc1ccsc1C(=O)NC1(C(N)=S)CCCCCC1. The Morgan fingerprint density at radius 2 is 2.05 bits per heavy atom. The van der Waals surface area contributed by atoms with Crippen LogP contribution in [0.15, 0.2) is 11.4 Å². The number of nitrogens with two attached hydrogens (primary N) is 1. The van der Waals surface area contributed by atoms with Gasteiger partial charge in [0.05, 0.1) is 17.6 Å². The molecule has 1 aromatic rings. The fourth-order valence-corrected chi connectivity index (χ4v) is 3.67. The summed E-state index contributed by atoms with van der Waals surface area (Å²) in [5.41, 5.74) is 5.39. The number of ether oxygens (including phenoxy) is 1. The Bertz CT molecular complexity index is 491. The predicted molar refractivity (Wildman–Crippen MR) is 85.6 cm³/mol. The molecule has 110 valence electrons. The fourth-order valence-electron chi connectivity index (χ4n) is 2.66. The summed E-state index contributed by atoms with van der Waals surface area (Å²) in [6.45, 7) is 0. The molecule has 0 aromatic carbocycles. The van der Waals surface area contributed by atoms with Crippen LogP contribution in [0.4, 0.5) is 0 Å². The van der Waals surface area contributed by atoms with Crippen molar-refractivity contribution in [3.05, 3.63) is 16.3 Å². The van der Waals surface area contributed by atoms with Crippen molar-refractivity contribution in [2.24, 2.45) is 5.73 Å². The van der Waals surface area contributed by atoms with Crippen LogP contribution in [-0.4, -0.2) is 23.5 Å². The van der Waals surface area contributed by atoms with Crippen LogP contribution < -0.4 is 15.8 Å². The molecule has 0 saturated heterocycles. The number of thiocarbonyl (C=S) groups is 1. The monoisotopic (exact) mass is 312 g/mol. The van der Waals surface area contributed by atoms with Gasteiger partial charge in [0.15, 0.2) is 0 Å². The summed E-state index contributed by atoms with van der Waals surface area (Å²) in [6.07, 6.45) is 6.06. The fraction of sp³-hybridized carbons (Fsp3) is 0.571. The third kappa shape index (κ3) is 3.12. The van der Waals surface area contributed by atoms with Crippen LogP contribution in [0, 0.1) is 0 Å². The third-order valence-corrected chi connectivity index (χ3v) is 5.12. The first-order valence-corrected chi connectivity index (χ1v) is 8.12. The molecule has 1 aromatic heterocycles. The molecule has 1 saturated carbocycles. The summed E-state index contributed by atoms with van der Waals surface area (Å²) in [6, 6.07) is 1.79. The summed E-state index contributed by atoms with van der Waals surface area (Å²) in [7, 11) is 1.56. The standard InChI is InChI=1S/C14H20N2O2S2/c1-18-10-6-9-20-11(10)12(17)16-14(13(15)19)7-4-2-3-5-8-14/h6,9H,2-5,7-8H2,1H3,(H2,15,19)(H,16,17). The largest absolute Gasteiger partial charge is 0.495 e. The van der Waals surface area contributed by atoms with E-state index >= 15 is 0 Å². The van der Waals surface area contributed by atoms with Gasteiger partial charge in [-0.25, -0.2) is 0 Å². The van der Waals surface area contributed by atoms with Crippen LogP contribution in [0.5, 0.6) is 5.75 Å². The Morgan fingerprint density at radius 3 is 2.60 bits per heavy atom. The molecule has 0 aliphatic heterocycles. The van der Waals surface area contributed by atoms with Crippen molar-refractivity contribution in [2.75, 3.05) is 7.11 Å². The van der Waals surface area contributed by atoms with Crippen LogP contribution in [0.2, 0.25) is 0 Å². The van der Waals surface area contributed by atoms with Gasteiger partial charge in [0, 0.05) is 0 Å². The highest BCUT2D eigenvalue weighted by Crippen LogP contribution is 2.30. The Balaban J connectivity index is 2.19. The van der Waals surface area contributed by atoms with E-state index in [9.17, 15) is 4.79 Å². The van der Waals surface area contributed by atoms with Gasteiger partial charge in [-0.1, -0.05) is 37.9 Å². The molecular formula is C14H20N2O2S2. The zero-order valence-corrected chi connectivity index (χ0v) is 13.2. The number of nitrogens with one attached hydrogen (secondary N) is 1. The minimum Gasteiger partial charge on any atom is -0.495 e. The number of hydrogen-bond acceptors (Lipinski definition) is 4. The van der Waals surface area contributed by atoms with Crippen molar-refractivity contribution in [1.29, 1.82) is 0 Å². The van der Waals surface area contributed by atoms with Gasteiger partial charge in [-0.15, -0.1) is 11.3 Å². The van der Waals surface area contributed by atoms with Gasteiger partial charge in [-0.05, 0) is 24.3 Å². The zero-order valence-electron chi connectivity index (χ0n) is 11.6. The van der Waals surface area contributed by atoms with Gasteiger partial charge in [-0.3, -0.25) is 4.79 Å². The van der Waals surface area contributed by atoms with Gasteiger partial charge >= 0.3 is 0 Å². The topological polar surface area (TPSA) is 64.3 Å². The first-order valence-electron chi connectivity index (χ1n) is 6.83. The molecule has 6 heteroatoms.